The lowest BCUT2D eigenvalue weighted by Crippen LogP contribution is -2.66. The van der Waals surface area contributed by atoms with Crippen molar-refractivity contribution in [2.45, 2.75) is 52.0 Å². The molecule has 172 valence electrons. The number of benzene rings is 2. The van der Waals surface area contributed by atoms with Crippen LogP contribution >= 0.6 is 0 Å². The first-order chi connectivity index (χ1) is 15.8. The molecule has 4 heteroatoms. The summed E-state index contributed by atoms with van der Waals surface area (Å²) in [5.41, 5.74) is 5.76. The van der Waals surface area contributed by atoms with Gasteiger partial charge in [-0.05, 0) is 64.2 Å². The van der Waals surface area contributed by atoms with Crippen LogP contribution in [0.2, 0.25) is 5.04 Å². The lowest BCUT2D eigenvalue weighted by Gasteiger charge is -2.43. The van der Waals surface area contributed by atoms with E-state index in [4.69, 9.17) is 9.41 Å². The lowest BCUT2D eigenvalue weighted by atomic mass is 10.0. The Hall–Kier alpha value is -2.43. The highest BCUT2D eigenvalue weighted by Gasteiger charge is 2.50. The predicted octanol–water partition coefficient (Wildman–Crippen LogP) is 4.67. The zero-order chi connectivity index (χ0) is 23.2. The summed E-state index contributed by atoms with van der Waals surface area (Å²) in [6, 6.07) is 22.0. The average Bonchev–Trinajstić information content (AvgIpc) is 3.39. The number of rotatable bonds is 5. The summed E-state index contributed by atoms with van der Waals surface area (Å²) >= 11 is 0. The van der Waals surface area contributed by atoms with E-state index in [1.807, 2.05) is 0 Å². The first-order valence-corrected chi connectivity index (χ1v) is 14.2. The molecule has 3 aromatic rings. The molecule has 0 saturated carbocycles. The van der Waals surface area contributed by atoms with Crippen LogP contribution in [0, 0.1) is 12.8 Å². The molecule has 5 rings (SSSR count). The van der Waals surface area contributed by atoms with Crippen LogP contribution in [0.1, 0.15) is 43.2 Å². The second-order valence-electron chi connectivity index (χ2n) is 10.9. The molecular formula is C29H36N2OSi. The number of aromatic nitrogens is 1. The van der Waals surface area contributed by atoms with E-state index in [-0.39, 0.29) is 5.04 Å². The molecule has 33 heavy (non-hydrogen) atoms. The fourth-order valence-electron chi connectivity index (χ4n) is 6.08. The maximum absolute atomic E-state index is 7.27. The molecule has 1 unspecified atom stereocenters. The van der Waals surface area contributed by atoms with Gasteiger partial charge in [-0.1, -0.05) is 81.4 Å². The minimum Gasteiger partial charge on any atom is -0.407 e. The van der Waals surface area contributed by atoms with Gasteiger partial charge in [0, 0.05) is 25.9 Å². The van der Waals surface area contributed by atoms with Gasteiger partial charge in [-0.2, -0.15) is 0 Å². The molecule has 0 bridgehead atoms. The van der Waals surface area contributed by atoms with Crippen molar-refractivity contribution in [3.8, 4) is 0 Å². The van der Waals surface area contributed by atoms with Crippen LogP contribution in [0.3, 0.4) is 0 Å². The molecule has 0 amide bonds. The van der Waals surface area contributed by atoms with E-state index in [0.717, 1.165) is 32.4 Å². The minimum absolute atomic E-state index is 0.0165. The number of aryl methyl sites for hydroxylation is 1. The van der Waals surface area contributed by atoms with Crippen molar-refractivity contribution in [3.05, 3.63) is 83.0 Å². The van der Waals surface area contributed by atoms with Gasteiger partial charge in [-0.15, -0.1) is 0 Å². The van der Waals surface area contributed by atoms with Crippen LogP contribution in [0.5, 0.6) is 0 Å². The zero-order valence-electron chi connectivity index (χ0n) is 20.7. The Bertz CT molecular complexity index is 1100. The van der Waals surface area contributed by atoms with Crippen molar-refractivity contribution in [1.82, 2.24) is 4.98 Å². The van der Waals surface area contributed by atoms with Crippen LogP contribution in [-0.4, -0.2) is 33.5 Å². The van der Waals surface area contributed by atoms with Crippen molar-refractivity contribution >= 4 is 24.5 Å². The van der Waals surface area contributed by atoms with Gasteiger partial charge in [-0.3, -0.25) is 0 Å². The topological polar surface area (TPSA) is 25.4 Å². The third kappa shape index (κ3) is 3.73. The van der Waals surface area contributed by atoms with Crippen molar-refractivity contribution in [2.24, 2.45) is 5.92 Å². The number of hydrogen-bond donors (Lipinski definition) is 0. The molecule has 3 nitrogen and oxygen atoms in total. The fraction of sp³-hybridized carbons (Fsp3) is 0.414. The second kappa shape index (κ2) is 8.41. The highest BCUT2D eigenvalue weighted by molar-refractivity contribution is 6.99. The molecule has 1 aliphatic carbocycles. The van der Waals surface area contributed by atoms with Crippen LogP contribution in [-0.2, 0) is 23.7 Å². The van der Waals surface area contributed by atoms with Crippen LogP contribution in [0.4, 0.5) is 5.82 Å². The fourth-order valence-corrected chi connectivity index (χ4v) is 10.7. The highest BCUT2D eigenvalue weighted by Crippen LogP contribution is 2.40. The molecule has 1 aliphatic heterocycles. The summed E-state index contributed by atoms with van der Waals surface area (Å²) in [7, 11) is -0.319. The maximum Gasteiger partial charge on any atom is 0.261 e. The molecule has 0 saturated heterocycles. The lowest BCUT2D eigenvalue weighted by molar-refractivity contribution is 0.240. The Morgan fingerprint density at radius 3 is 2.06 bits per heavy atom. The third-order valence-electron chi connectivity index (χ3n) is 7.71. The molecular weight excluding hydrogens is 420 g/mol. The third-order valence-corrected chi connectivity index (χ3v) is 12.7. The van der Waals surface area contributed by atoms with Crippen molar-refractivity contribution in [1.29, 1.82) is 0 Å². The standard InChI is InChI=1S/C29H36N2OSi/c1-21-26-18-22(19-27(26)25-16-17-31(5)28(25)30-21)20-32-33(29(2,3)4,23-12-8-6-9-13-23)24-14-10-7-11-15-24/h6-15,22H,16-20H2,1-5H3. The number of hydrogen-bond acceptors (Lipinski definition) is 3. The highest BCUT2D eigenvalue weighted by atomic mass is 28.4. The molecule has 2 aliphatic rings. The summed E-state index contributed by atoms with van der Waals surface area (Å²) in [4.78, 5) is 7.29. The predicted molar refractivity (Wildman–Crippen MR) is 140 cm³/mol. The zero-order valence-corrected chi connectivity index (χ0v) is 21.7. The van der Waals surface area contributed by atoms with Gasteiger partial charge in [0.25, 0.3) is 8.32 Å². The van der Waals surface area contributed by atoms with E-state index in [0.29, 0.717) is 5.92 Å². The van der Waals surface area contributed by atoms with Gasteiger partial charge >= 0.3 is 0 Å². The van der Waals surface area contributed by atoms with Gasteiger partial charge in [0.2, 0.25) is 0 Å². The molecule has 2 aromatic carbocycles. The molecule has 2 heterocycles. The van der Waals surface area contributed by atoms with Gasteiger partial charge in [0.05, 0.1) is 0 Å². The van der Waals surface area contributed by atoms with Crippen LogP contribution < -0.4 is 15.3 Å². The van der Waals surface area contributed by atoms with Crippen molar-refractivity contribution in [2.75, 3.05) is 25.1 Å². The normalized spacial score (nSPS) is 17.8. The molecule has 0 N–H and O–H groups in total. The van der Waals surface area contributed by atoms with E-state index < -0.39 is 8.32 Å². The number of anilines is 1. The van der Waals surface area contributed by atoms with Crippen LogP contribution in [0.15, 0.2) is 60.7 Å². The number of likely N-dealkylation sites (N-methyl/N-ethyl adjacent to an activating group) is 1. The maximum atomic E-state index is 7.27. The smallest absolute Gasteiger partial charge is 0.261 e. The van der Waals surface area contributed by atoms with E-state index in [1.54, 1.807) is 5.56 Å². The van der Waals surface area contributed by atoms with Gasteiger partial charge in [0.15, 0.2) is 0 Å². The number of pyridine rings is 1. The summed E-state index contributed by atoms with van der Waals surface area (Å²) in [5.74, 6) is 1.72. The van der Waals surface area contributed by atoms with E-state index in [9.17, 15) is 0 Å². The van der Waals surface area contributed by atoms with Crippen molar-refractivity contribution < 1.29 is 4.43 Å². The van der Waals surface area contributed by atoms with Gasteiger partial charge in [0.1, 0.15) is 5.82 Å². The van der Waals surface area contributed by atoms with Crippen LogP contribution in [0.25, 0.3) is 0 Å². The molecule has 1 atom stereocenters. The van der Waals surface area contributed by atoms with E-state index in [2.05, 4.69) is 100 Å². The Kier molecular flexibility index (Phi) is 5.70. The number of nitrogens with zero attached hydrogens (tertiary/aromatic N) is 2. The largest absolute Gasteiger partial charge is 0.407 e. The van der Waals surface area contributed by atoms with Gasteiger partial charge in [-0.25, -0.2) is 4.98 Å². The molecule has 0 fully saturated rings. The molecule has 0 spiro atoms. The molecule has 1 aromatic heterocycles. The van der Waals surface area contributed by atoms with Gasteiger partial charge < -0.3 is 9.33 Å². The van der Waals surface area contributed by atoms with E-state index in [1.165, 1.54) is 33.0 Å². The first-order valence-electron chi connectivity index (χ1n) is 12.3. The summed E-state index contributed by atoms with van der Waals surface area (Å²) in [5, 5.41) is 2.74. The average molecular weight is 457 g/mol. The second-order valence-corrected chi connectivity index (χ2v) is 15.2. The quantitative estimate of drug-likeness (QED) is 0.522. The molecule has 0 radical (unpaired) electrons. The SMILES string of the molecule is Cc1nc2c(c3c1CC(CO[Si](c1ccccc1)(c1ccccc1)C(C)(C)C)C3)CCN2C. The summed E-state index contributed by atoms with van der Waals surface area (Å²) < 4.78 is 7.27. The Labute approximate surface area is 200 Å². The Balaban J connectivity index is 1.49. The first kappa shape index (κ1) is 22.4. The number of fused-ring (bicyclic) bond motifs is 3. The summed E-state index contributed by atoms with van der Waals surface area (Å²) in [6.07, 6.45) is 3.33. The Morgan fingerprint density at radius 2 is 1.48 bits per heavy atom. The Morgan fingerprint density at radius 1 is 0.909 bits per heavy atom. The van der Waals surface area contributed by atoms with Crippen molar-refractivity contribution in [3.63, 3.8) is 0 Å². The van der Waals surface area contributed by atoms with E-state index >= 15 is 0 Å². The minimum atomic E-state index is -2.49. The summed E-state index contributed by atoms with van der Waals surface area (Å²) in [6.45, 7) is 11.2. The monoisotopic (exact) mass is 456 g/mol.